The van der Waals surface area contributed by atoms with Crippen LogP contribution in [-0.4, -0.2) is 42.3 Å². The number of methoxy groups -OCH3 is 1. The molecular weight excluding hydrogens is 346 g/mol. The van der Waals surface area contributed by atoms with Gasteiger partial charge in [-0.3, -0.25) is 4.79 Å². The molecule has 2 aromatic rings. The van der Waals surface area contributed by atoms with Gasteiger partial charge in [-0.15, -0.1) is 0 Å². The van der Waals surface area contributed by atoms with Crippen LogP contribution in [0.5, 0.6) is 0 Å². The number of sulfonamides is 1. The summed E-state index contributed by atoms with van der Waals surface area (Å²) in [6, 6.07) is 4.31. The minimum atomic E-state index is -3.77. The van der Waals surface area contributed by atoms with E-state index in [1.807, 2.05) is 0 Å². The number of rotatable bonds is 3. The lowest BCUT2D eigenvalue weighted by molar-refractivity contribution is 0.0600. The third-order valence-electron chi connectivity index (χ3n) is 4.19. The van der Waals surface area contributed by atoms with E-state index < -0.39 is 16.0 Å². The highest BCUT2D eigenvalue weighted by molar-refractivity contribution is 7.89. The van der Waals surface area contributed by atoms with Crippen LogP contribution >= 0.6 is 0 Å². The number of nitrogens with zero attached hydrogens (tertiary/aromatic N) is 2. The maximum absolute atomic E-state index is 12.9. The van der Waals surface area contributed by atoms with Crippen LogP contribution in [0.15, 0.2) is 34.2 Å². The lowest BCUT2D eigenvalue weighted by Crippen LogP contribution is -2.39. The normalized spacial score (nSPS) is 14.8. The molecule has 132 valence electrons. The van der Waals surface area contributed by atoms with Crippen LogP contribution in [0.2, 0.25) is 0 Å². The molecule has 9 heteroatoms. The highest BCUT2D eigenvalue weighted by Gasteiger charge is 2.31. The fourth-order valence-electron chi connectivity index (χ4n) is 2.87. The largest absolute Gasteiger partial charge is 0.465 e. The first-order chi connectivity index (χ1) is 11.8. The quantitative estimate of drug-likeness (QED) is 0.800. The maximum atomic E-state index is 12.9. The summed E-state index contributed by atoms with van der Waals surface area (Å²) in [4.78, 5) is 30.0. The molecule has 2 heterocycles. The Labute approximate surface area is 144 Å². The van der Waals surface area contributed by atoms with E-state index in [2.05, 4.69) is 14.7 Å². The van der Waals surface area contributed by atoms with Crippen molar-refractivity contribution in [3.63, 3.8) is 0 Å². The Balaban J connectivity index is 1.95. The van der Waals surface area contributed by atoms with Crippen molar-refractivity contribution in [2.45, 2.75) is 24.8 Å². The van der Waals surface area contributed by atoms with Gasteiger partial charge in [-0.2, -0.15) is 4.31 Å². The molecule has 0 unspecified atom stereocenters. The molecule has 0 saturated heterocycles. The second kappa shape index (κ2) is 6.41. The molecule has 0 bridgehead atoms. The number of hydrogen-bond acceptors (Lipinski definition) is 6. The number of aromatic nitrogens is 2. The number of nitrogens with one attached hydrogen (secondary N) is 1. The summed E-state index contributed by atoms with van der Waals surface area (Å²) < 4.78 is 31.8. The summed E-state index contributed by atoms with van der Waals surface area (Å²) in [5, 5.41) is 0. The lowest BCUT2D eigenvalue weighted by Gasteiger charge is -2.27. The molecule has 1 N–H and O–H groups in total. The van der Waals surface area contributed by atoms with Gasteiger partial charge in [0.1, 0.15) is 0 Å². The molecule has 8 nitrogen and oxygen atoms in total. The van der Waals surface area contributed by atoms with E-state index in [0.717, 1.165) is 0 Å². The van der Waals surface area contributed by atoms with E-state index in [-0.39, 0.29) is 29.1 Å². The third kappa shape index (κ3) is 3.08. The molecule has 1 aliphatic rings. The average molecular weight is 363 g/mol. The monoisotopic (exact) mass is 363 g/mol. The third-order valence-corrected chi connectivity index (χ3v) is 6.20. The zero-order valence-corrected chi connectivity index (χ0v) is 14.6. The Morgan fingerprint density at radius 1 is 1.36 bits per heavy atom. The van der Waals surface area contributed by atoms with Crippen molar-refractivity contribution >= 4 is 16.0 Å². The van der Waals surface area contributed by atoms with Gasteiger partial charge in [0.15, 0.2) is 0 Å². The van der Waals surface area contributed by atoms with E-state index in [1.54, 1.807) is 6.92 Å². The zero-order valence-electron chi connectivity index (χ0n) is 13.8. The molecule has 1 aliphatic heterocycles. The number of aromatic amines is 1. The fraction of sp³-hybridized carbons (Fsp3) is 0.312. The van der Waals surface area contributed by atoms with Crippen LogP contribution in [0.3, 0.4) is 0 Å². The molecule has 0 amide bonds. The fourth-order valence-corrected chi connectivity index (χ4v) is 4.48. The van der Waals surface area contributed by atoms with Crippen molar-refractivity contribution in [3.05, 3.63) is 57.3 Å². The van der Waals surface area contributed by atoms with Crippen molar-refractivity contribution in [1.29, 1.82) is 0 Å². The first-order valence-electron chi connectivity index (χ1n) is 7.59. The Bertz CT molecular complexity index is 997. The van der Waals surface area contributed by atoms with E-state index in [1.165, 1.54) is 35.9 Å². The predicted molar refractivity (Wildman–Crippen MR) is 88.7 cm³/mol. The van der Waals surface area contributed by atoms with Crippen molar-refractivity contribution < 1.29 is 17.9 Å². The van der Waals surface area contributed by atoms with Gasteiger partial charge in [-0.1, -0.05) is 0 Å². The molecule has 0 saturated carbocycles. The average Bonchev–Trinajstić information content (AvgIpc) is 2.60. The highest BCUT2D eigenvalue weighted by atomic mass is 32.2. The van der Waals surface area contributed by atoms with Gasteiger partial charge >= 0.3 is 5.97 Å². The summed E-state index contributed by atoms with van der Waals surface area (Å²) in [6.45, 7) is 1.86. The standard InChI is InChI=1S/C16H17N3O5S/c1-10-7-11(16(21)24-2)3-4-14(10)25(22,23)19-6-5-12-13(8-19)17-9-18-15(12)20/h3-4,7,9H,5-6,8H2,1-2H3,(H,17,18,20). The maximum Gasteiger partial charge on any atom is 0.337 e. The molecule has 1 aromatic carbocycles. The molecule has 0 radical (unpaired) electrons. The smallest absolute Gasteiger partial charge is 0.337 e. The molecule has 3 rings (SSSR count). The number of benzene rings is 1. The molecule has 0 fully saturated rings. The second-order valence-electron chi connectivity index (χ2n) is 5.72. The number of carbonyl (C=O) groups is 1. The van der Waals surface area contributed by atoms with Crippen molar-refractivity contribution in [3.8, 4) is 0 Å². The number of ether oxygens (including phenoxy) is 1. The summed E-state index contributed by atoms with van der Waals surface area (Å²) in [5.41, 5.74) is 1.48. The number of carbonyl (C=O) groups excluding carboxylic acids is 1. The van der Waals surface area contributed by atoms with Crippen LogP contribution < -0.4 is 5.56 Å². The first kappa shape index (κ1) is 17.3. The number of aryl methyl sites for hydroxylation is 1. The first-order valence-corrected chi connectivity index (χ1v) is 9.03. The summed E-state index contributed by atoms with van der Waals surface area (Å²) in [6.07, 6.45) is 1.57. The van der Waals surface area contributed by atoms with Gasteiger partial charge in [-0.05, 0) is 37.1 Å². The Morgan fingerprint density at radius 2 is 2.12 bits per heavy atom. The molecule has 0 atom stereocenters. The summed E-state index contributed by atoms with van der Waals surface area (Å²) >= 11 is 0. The topological polar surface area (TPSA) is 109 Å². The Kier molecular flexibility index (Phi) is 4.44. The molecule has 1 aromatic heterocycles. The van der Waals surface area contributed by atoms with Gasteiger partial charge < -0.3 is 9.72 Å². The second-order valence-corrected chi connectivity index (χ2v) is 7.62. The van der Waals surface area contributed by atoms with E-state index >= 15 is 0 Å². The minimum absolute atomic E-state index is 0.0414. The van der Waals surface area contributed by atoms with Crippen LogP contribution in [-0.2, 0) is 27.7 Å². The SMILES string of the molecule is COC(=O)c1ccc(S(=O)(=O)N2CCc3c(nc[nH]c3=O)C2)c(C)c1. The highest BCUT2D eigenvalue weighted by Crippen LogP contribution is 2.25. The molecule has 25 heavy (non-hydrogen) atoms. The number of esters is 1. The van der Waals surface area contributed by atoms with E-state index in [9.17, 15) is 18.0 Å². The predicted octanol–water partition coefficient (Wildman–Crippen LogP) is 0.612. The van der Waals surface area contributed by atoms with Gasteiger partial charge in [-0.25, -0.2) is 18.2 Å². The van der Waals surface area contributed by atoms with Crippen molar-refractivity contribution in [2.24, 2.45) is 0 Å². The summed E-state index contributed by atoms with van der Waals surface area (Å²) in [5.74, 6) is -0.526. The zero-order chi connectivity index (χ0) is 18.2. The van der Waals surface area contributed by atoms with Crippen molar-refractivity contribution in [2.75, 3.05) is 13.7 Å². The van der Waals surface area contributed by atoms with E-state index in [0.29, 0.717) is 23.2 Å². The van der Waals surface area contributed by atoms with Crippen LogP contribution in [0.25, 0.3) is 0 Å². The number of H-pyrrole nitrogens is 1. The van der Waals surface area contributed by atoms with Gasteiger partial charge in [0, 0.05) is 12.1 Å². The van der Waals surface area contributed by atoms with Crippen molar-refractivity contribution in [1.82, 2.24) is 14.3 Å². The number of fused-ring (bicyclic) bond motifs is 1. The molecular formula is C16H17N3O5S. The van der Waals surface area contributed by atoms with Crippen LogP contribution in [0.1, 0.15) is 27.2 Å². The van der Waals surface area contributed by atoms with Crippen LogP contribution in [0, 0.1) is 6.92 Å². The Morgan fingerprint density at radius 3 is 2.80 bits per heavy atom. The summed E-state index contributed by atoms with van der Waals surface area (Å²) in [7, 11) is -2.50. The molecule has 0 spiro atoms. The van der Waals surface area contributed by atoms with Gasteiger partial charge in [0.05, 0.1) is 36.1 Å². The van der Waals surface area contributed by atoms with Gasteiger partial charge in [0.2, 0.25) is 10.0 Å². The Hall–Kier alpha value is -2.52. The van der Waals surface area contributed by atoms with Gasteiger partial charge in [0.25, 0.3) is 5.56 Å². The number of hydrogen-bond donors (Lipinski definition) is 1. The lowest BCUT2D eigenvalue weighted by atomic mass is 10.1. The van der Waals surface area contributed by atoms with E-state index in [4.69, 9.17) is 0 Å². The molecule has 0 aliphatic carbocycles. The minimum Gasteiger partial charge on any atom is -0.465 e. The van der Waals surface area contributed by atoms with Crippen LogP contribution in [0.4, 0.5) is 0 Å².